The number of ether oxygens (including phenoxy) is 1. The highest BCUT2D eigenvalue weighted by molar-refractivity contribution is 5.93. The number of nitrogen functional groups attached to an aromatic ring is 1. The van der Waals surface area contributed by atoms with Crippen LogP contribution in [0.2, 0.25) is 0 Å². The number of nitrogens with two attached hydrogens (primary N) is 1. The van der Waals surface area contributed by atoms with Crippen molar-refractivity contribution in [2.75, 3.05) is 37.7 Å². The molecule has 1 heterocycles. The van der Waals surface area contributed by atoms with Crippen molar-refractivity contribution in [2.45, 2.75) is 85.3 Å². The van der Waals surface area contributed by atoms with Crippen molar-refractivity contribution in [3.8, 4) is 5.75 Å². The van der Waals surface area contributed by atoms with Gasteiger partial charge < -0.3 is 20.7 Å². The van der Waals surface area contributed by atoms with Crippen LogP contribution in [-0.2, 0) is 15.0 Å². The van der Waals surface area contributed by atoms with Gasteiger partial charge in [-0.15, -0.1) is 0 Å². The van der Waals surface area contributed by atoms with Crippen molar-refractivity contribution in [2.24, 2.45) is 0 Å². The molecule has 1 aliphatic heterocycles. The summed E-state index contributed by atoms with van der Waals surface area (Å²) in [4.78, 5) is 30.3. The zero-order chi connectivity index (χ0) is 28.4. The number of rotatable bonds is 7. The molecule has 1 saturated heterocycles. The third-order valence-corrected chi connectivity index (χ3v) is 7.79. The first-order valence-corrected chi connectivity index (χ1v) is 13.6. The minimum atomic E-state index is -1.02. The molecule has 2 aromatic rings. The summed E-state index contributed by atoms with van der Waals surface area (Å²) in [6.07, 6.45) is 1.62. The van der Waals surface area contributed by atoms with E-state index in [-0.39, 0.29) is 23.3 Å². The number of nitrogens with zero attached hydrogens (tertiary/aromatic N) is 2. The van der Waals surface area contributed by atoms with Crippen molar-refractivity contribution < 1.29 is 14.3 Å². The zero-order valence-corrected chi connectivity index (χ0v) is 24.7. The molecule has 2 aromatic carbocycles. The number of amides is 2. The van der Waals surface area contributed by atoms with E-state index in [0.717, 1.165) is 59.6 Å². The number of likely N-dealkylation sites (N-methyl/N-ethyl adjacent to an activating group) is 1. The molecule has 0 bridgehead atoms. The largest absolute Gasteiger partial charge is 0.478 e. The summed E-state index contributed by atoms with van der Waals surface area (Å²) >= 11 is 0. The van der Waals surface area contributed by atoms with E-state index in [2.05, 4.69) is 37.1 Å². The summed E-state index contributed by atoms with van der Waals surface area (Å²) in [5.41, 5.74) is 10.7. The number of benzene rings is 2. The van der Waals surface area contributed by atoms with E-state index in [9.17, 15) is 9.59 Å². The lowest BCUT2D eigenvalue weighted by Crippen LogP contribution is -2.54. The third-order valence-electron chi connectivity index (χ3n) is 7.79. The molecule has 2 amide bonds. The Morgan fingerprint density at radius 1 is 1.05 bits per heavy atom. The summed E-state index contributed by atoms with van der Waals surface area (Å²) in [6.45, 7) is 17.8. The summed E-state index contributed by atoms with van der Waals surface area (Å²) in [5.74, 6) is 0.623. The van der Waals surface area contributed by atoms with Gasteiger partial charge in [-0.2, -0.15) is 0 Å². The lowest BCUT2D eigenvalue weighted by molar-refractivity contribution is -0.147. The van der Waals surface area contributed by atoms with E-state index in [1.165, 1.54) is 0 Å². The number of likely N-dealkylation sites (tertiary alicyclic amines) is 1. The van der Waals surface area contributed by atoms with E-state index < -0.39 is 5.60 Å². The molecule has 3 N–H and O–H groups in total. The number of hydrogen-bond donors (Lipinski definition) is 2. The molecule has 0 atom stereocenters. The topological polar surface area (TPSA) is 87.9 Å². The van der Waals surface area contributed by atoms with Gasteiger partial charge in [0, 0.05) is 37.6 Å². The molecule has 208 valence electrons. The minimum Gasteiger partial charge on any atom is -0.478 e. The Bertz CT molecular complexity index is 1170. The smallest absolute Gasteiger partial charge is 0.266 e. The fourth-order valence-corrected chi connectivity index (χ4v) is 5.18. The number of hydrogen-bond acceptors (Lipinski definition) is 5. The van der Waals surface area contributed by atoms with Crippen molar-refractivity contribution in [3.63, 3.8) is 0 Å². The van der Waals surface area contributed by atoms with Crippen LogP contribution in [-0.4, -0.2) is 59.9 Å². The fraction of sp³-hybridized carbons (Fsp3) is 0.548. The second kappa shape index (κ2) is 11.4. The van der Waals surface area contributed by atoms with E-state index >= 15 is 0 Å². The van der Waals surface area contributed by atoms with Crippen LogP contribution in [0.1, 0.15) is 69.7 Å². The van der Waals surface area contributed by atoms with Gasteiger partial charge in [0.15, 0.2) is 5.60 Å². The van der Waals surface area contributed by atoms with E-state index in [4.69, 9.17) is 10.5 Å². The second-order valence-electron chi connectivity index (χ2n) is 12.2. The number of carbonyl (C=O) groups is 2. The van der Waals surface area contributed by atoms with E-state index in [1.54, 1.807) is 0 Å². The average Bonchev–Trinajstić information content (AvgIpc) is 2.85. The van der Waals surface area contributed by atoms with Crippen LogP contribution in [0.5, 0.6) is 5.75 Å². The fourth-order valence-electron chi connectivity index (χ4n) is 5.18. The van der Waals surface area contributed by atoms with Gasteiger partial charge in [0.1, 0.15) is 5.75 Å². The van der Waals surface area contributed by atoms with Crippen LogP contribution in [0.25, 0.3) is 0 Å². The Kier molecular flexibility index (Phi) is 8.82. The molecule has 0 spiro atoms. The first kappa shape index (κ1) is 29.5. The van der Waals surface area contributed by atoms with Crippen molar-refractivity contribution in [3.05, 3.63) is 52.6 Å². The Morgan fingerprint density at radius 3 is 2.26 bits per heavy atom. The molecule has 1 aliphatic rings. The molecule has 7 nitrogen and oxygen atoms in total. The number of para-hydroxylation sites is 1. The molecule has 0 aliphatic carbocycles. The normalized spacial score (nSPS) is 15.3. The Labute approximate surface area is 228 Å². The van der Waals surface area contributed by atoms with Crippen molar-refractivity contribution in [1.29, 1.82) is 0 Å². The first-order valence-electron chi connectivity index (χ1n) is 13.6. The van der Waals surface area contributed by atoms with Gasteiger partial charge in [-0.1, -0.05) is 39.0 Å². The van der Waals surface area contributed by atoms with Crippen molar-refractivity contribution in [1.82, 2.24) is 9.80 Å². The van der Waals surface area contributed by atoms with E-state index in [1.807, 2.05) is 70.8 Å². The SMILES string of the molecule is Cc1cc(OC(C)(C)C(=O)N(C)C2CCN(CC(=O)Nc3ccccc3C(C)(C)C)CC2)c(C)c(C)c1N. The maximum absolute atomic E-state index is 13.5. The molecule has 0 radical (unpaired) electrons. The number of anilines is 2. The predicted octanol–water partition coefficient (Wildman–Crippen LogP) is 5.21. The van der Waals surface area contributed by atoms with Gasteiger partial charge >= 0.3 is 0 Å². The Balaban J connectivity index is 1.57. The van der Waals surface area contributed by atoms with Crippen molar-refractivity contribution >= 4 is 23.2 Å². The number of piperidine rings is 1. The van der Waals surface area contributed by atoms with Gasteiger partial charge in [-0.25, -0.2) is 0 Å². The van der Waals surface area contributed by atoms with E-state index in [0.29, 0.717) is 12.3 Å². The number of carbonyl (C=O) groups excluding carboxylic acids is 2. The molecule has 0 saturated carbocycles. The molecule has 38 heavy (non-hydrogen) atoms. The van der Waals surface area contributed by atoms with Crippen LogP contribution in [0.4, 0.5) is 11.4 Å². The summed E-state index contributed by atoms with van der Waals surface area (Å²) in [7, 11) is 1.86. The van der Waals surface area contributed by atoms with Gasteiger partial charge in [-0.05, 0) is 87.3 Å². The lowest BCUT2D eigenvalue weighted by atomic mass is 9.86. The maximum atomic E-state index is 13.5. The van der Waals surface area contributed by atoms with Crippen LogP contribution in [0.3, 0.4) is 0 Å². The summed E-state index contributed by atoms with van der Waals surface area (Å²) in [5, 5.41) is 3.11. The number of aryl methyl sites for hydroxylation is 1. The predicted molar refractivity (Wildman–Crippen MR) is 156 cm³/mol. The first-order chi connectivity index (χ1) is 17.6. The highest BCUT2D eigenvalue weighted by Crippen LogP contribution is 2.33. The molecule has 0 unspecified atom stereocenters. The van der Waals surface area contributed by atoms with Crippen LogP contribution >= 0.6 is 0 Å². The van der Waals surface area contributed by atoms with Gasteiger partial charge in [0.2, 0.25) is 5.91 Å². The molecular weight excluding hydrogens is 476 g/mol. The Hall–Kier alpha value is -3.06. The minimum absolute atomic E-state index is 0.0106. The molecule has 0 aromatic heterocycles. The van der Waals surface area contributed by atoms with Crippen LogP contribution in [0, 0.1) is 20.8 Å². The quantitative estimate of drug-likeness (QED) is 0.488. The third kappa shape index (κ3) is 6.68. The molecule has 1 fully saturated rings. The molecular formula is C31H46N4O3. The standard InChI is InChI=1S/C31H46N4O3/c1-20-18-26(21(2)22(3)28(20)32)38-31(7,8)29(37)34(9)23-14-16-35(17-15-23)19-27(36)33-25-13-11-10-12-24(25)30(4,5)6/h10-13,18,23H,14-17,19,32H2,1-9H3,(H,33,36). The van der Waals surface area contributed by atoms with Crippen LogP contribution in [0.15, 0.2) is 30.3 Å². The zero-order valence-electron chi connectivity index (χ0n) is 24.7. The lowest BCUT2D eigenvalue weighted by Gasteiger charge is -2.39. The Morgan fingerprint density at radius 2 is 1.66 bits per heavy atom. The average molecular weight is 523 g/mol. The van der Waals surface area contributed by atoms with Crippen LogP contribution < -0.4 is 15.8 Å². The second-order valence-corrected chi connectivity index (χ2v) is 12.2. The monoisotopic (exact) mass is 522 g/mol. The highest BCUT2D eigenvalue weighted by Gasteiger charge is 2.37. The molecule has 3 rings (SSSR count). The van der Waals surface area contributed by atoms with Gasteiger partial charge in [-0.3, -0.25) is 14.5 Å². The maximum Gasteiger partial charge on any atom is 0.266 e. The summed E-state index contributed by atoms with van der Waals surface area (Å²) in [6, 6.07) is 9.99. The summed E-state index contributed by atoms with van der Waals surface area (Å²) < 4.78 is 6.28. The highest BCUT2D eigenvalue weighted by atomic mass is 16.5. The van der Waals surface area contributed by atoms with Gasteiger partial charge in [0.05, 0.1) is 6.54 Å². The number of nitrogens with one attached hydrogen (secondary N) is 1. The van der Waals surface area contributed by atoms with Gasteiger partial charge in [0.25, 0.3) is 5.91 Å². The molecule has 7 heteroatoms.